The predicted molar refractivity (Wildman–Crippen MR) is 75.3 cm³/mol. The summed E-state index contributed by atoms with van der Waals surface area (Å²) in [5.41, 5.74) is 0.799. The monoisotopic (exact) mass is 326 g/mol. The molecule has 0 bridgehead atoms. The summed E-state index contributed by atoms with van der Waals surface area (Å²) >= 11 is 3.35. The quantitative estimate of drug-likeness (QED) is 0.924. The molecule has 0 spiro atoms. The Bertz CT molecular complexity index is 489. The molecule has 1 aromatic rings. The van der Waals surface area contributed by atoms with Crippen LogP contribution < -0.4 is 4.90 Å². The summed E-state index contributed by atoms with van der Waals surface area (Å²) in [5.74, 6) is -0.835. The van der Waals surface area contributed by atoms with Crippen LogP contribution >= 0.6 is 15.9 Å². The lowest BCUT2D eigenvalue weighted by Gasteiger charge is -2.22. The van der Waals surface area contributed by atoms with Gasteiger partial charge in [0.2, 0.25) is 0 Å². The van der Waals surface area contributed by atoms with E-state index in [1.807, 2.05) is 24.3 Å². The largest absolute Gasteiger partial charge is 0.481 e. The number of urea groups is 1. The molecule has 1 aliphatic heterocycles. The van der Waals surface area contributed by atoms with Crippen LogP contribution in [0, 0.1) is 0 Å². The lowest BCUT2D eigenvalue weighted by atomic mass is 10.1. The third-order valence-electron chi connectivity index (χ3n) is 3.18. The zero-order valence-corrected chi connectivity index (χ0v) is 12.1. The second kappa shape index (κ2) is 5.61. The van der Waals surface area contributed by atoms with Crippen molar-refractivity contribution in [2.24, 2.45) is 0 Å². The Morgan fingerprint density at radius 3 is 2.63 bits per heavy atom. The lowest BCUT2D eigenvalue weighted by molar-refractivity contribution is -0.137. The fraction of sp³-hybridized carbons (Fsp3) is 0.385. The van der Waals surface area contributed by atoms with E-state index in [0.717, 1.165) is 10.2 Å². The maximum absolute atomic E-state index is 12.1. The van der Waals surface area contributed by atoms with Crippen LogP contribution in [0.25, 0.3) is 0 Å². The molecule has 2 rings (SSSR count). The van der Waals surface area contributed by atoms with Crippen molar-refractivity contribution in [3.63, 3.8) is 0 Å². The van der Waals surface area contributed by atoms with E-state index in [1.54, 1.807) is 16.8 Å². The number of carbonyl (C=O) groups excluding carboxylic acids is 1. The van der Waals surface area contributed by atoms with Crippen LogP contribution in [0.1, 0.15) is 12.8 Å². The van der Waals surface area contributed by atoms with Gasteiger partial charge in [-0.05, 0) is 30.7 Å². The molecule has 1 aliphatic rings. The molecule has 6 heteroatoms. The first-order chi connectivity index (χ1) is 8.99. The van der Waals surface area contributed by atoms with E-state index in [0.29, 0.717) is 13.0 Å². The van der Waals surface area contributed by atoms with Gasteiger partial charge in [0.15, 0.2) is 0 Å². The van der Waals surface area contributed by atoms with Gasteiger partial charge in [-0.3, -0.25) is 9.69 Å². The van der Waals surface area contributed by atoms with Crippen LogP contribution in [-0.4, -0.2) is 41.6 Å². The van der Waals surface area contributed by atoms with E-state index >= 15 is 0 Å². The van der Waals surface area contributed by atoms with Crippen LogP contribution in [0.3, 0.4) is 0 Å². The molecule has 1 unspecified atom stereocenters. The van der Waals surface area contributed by atoms with Crippen LogP contribution in [0.15, 0.2) is 28.7 Å². The highest BCUT2D eigenvalue weighted by Gasteiger charge is 2.36. The van der Waals surface area contributed by atoms with E-state index in [4.69, 9.17) is 5.11 Å². The summed E-state index contributed by atoms with van der Waals surface area (Å²) in [7, 11) is 1.73. The Morgan fingerprint density at radius 1 is 1.42 bits per heavy atom. The number of likely N-dealkylation sites (N-methyl/N-ethyl adjacent to an activating group) is 1. The minimum Gasteiger partial charge on any atom is -0.481 e. The first-order valence-corrected chi connectivity index (χ1v) is 6.80. The van der Waals surface area contributed by atoms with Gasteiger partial charge in [0.1, 0.15) is 0 Å². The smallest absolute Gasteiger partial charge is 0.324 e. The maximum Gasteiger partial charge on any atom is 0.324 e. The Kier molecular flexibility index (Phi) is 4.09. The summed E-state index contributed by atoms with van der Waals surface area (Å²) in [6.45, 7) is 0.558. The van der Waals surface area contributed by atoms with Crippen LogP contribution in [0.5, 0.6) is 0 Å². The van der Waals surface area contributed by atoms with Gasteiger partial charge >= 0.3 is 12.0 Å². The molecular formula is C13H15BrN2O3. The molecule has 0 radical (unpaired) electrons. The average Bonchev–Trinajstić information content (AvgIpc) is 2.64. The van der Waals surface area contributed by atoms with E-state index in [-0.39, 0.29) is 18.5 Å². The van der Waals surface area contributed by atoms with E-state index in [2.05, 4.69) is 15.9 Å². The van der Waals surface area contributed by atoms with Gasteiger partial charge in [0, 0.05) is 30.2 Å². The van der Waals surface area contributed by atoms with Crippen molar-refractivity contribution in [3.05, 3.63) is 28.7 Å². The van der Waals surface area contributed by atoms with Gasteiger partial charge in [-0.1, -0.05) is 15.9 Å². The summed E-state index contributed by atoms with van der Waals surface area (Å²) < 4.78 is 0.943. The third-order valence-corrected chi connectivity index (χ3v) is 3.71. The van der Waals surface area contributed by atoms with Crippen molar-refractivity contribution >= 4 is 33.6 Å². The van der Waals surface area contributed by atoms with Crippen molar-refractivity contribution in [3.8, 4) is 0 Å². The van der Waals surface area contributed by atoms with E-state index in [9.17, 15) is 9.59 Å². The van der Waals surface area contributed by atoms with Crippen LogP contribution in [0.4, 0.5) is 10.5 Å². The Balaban J connectivity index is 2.20. The van der Waals surface area contributed by atoms with Crippen molar-refractivity contribution in [1.82, 2.24) is 4.90 Å². The molecular weight excluding hydrogens is 312 g/mol. The third kappa shape index (κ3) is 3.07. The maximum atomic E-state index is 12.1. The zero-order chi connectivity index (χ0) is 14.0. The number of benzene rings is 1. The predicted octanol–water partition coefficient (Wildman–Crippen LogP) is 2.55. The number of hydrogen-bond acceptors (Lipinski definition) is 2. The molecule has 1 heterocycles. The summed E-state index contributed by atoms with van der Waals surface area (Å²) in [6.07, 6.45) is 0.528. The van der Waals surface area contributed by atoms with Crippen molar-refractivity contribution in [1.29, 1.82) is 0 Å². The highest BCUT2D eigenvalue weighted by atomic mass is 79.9. The first kappa shape index (κ1) is 13.9. The van der Waals surface area contributed by atoms with E-state index in [1.165, 1.54) is 0 Å². The van der Waals surface area contributed by atoms with E-state index < -0.39 is 5.97 Å². The summed E-state index contributed by atoms with van der Waals surface area (Å²) in [5, 5.41) is 8.78. The number of hydrogen-bond donors (Lipinski definition) is 1. The molecule has 0 saturated carbocycles. The first-order valence-electron chi connectivity index (χ1n) is 6.00. The number of carboxylic acid groups (broad SMARTS) is 1. The molecule has 102 valence electrons. The molecule has 1 saturated heterocycles. The molecule has 2 amide bonds. The molecule has 1 aromatic carbocycles. The molecule has 1 N–H and O–H groups in total. The van der Waals surface area contributed by atoms with Crippen LogP contribution in [0.2, 0.25) is 0 Å². The number of aliphatic carboxylic acids is 1. The van der Waals surface area contributed by atoms with Crippen molar-refractivity contribution in [2.75, 3.05) is 18.5 Å². The summed E-state index contributed by atoms with van der Waals surface area (Å²) in [6, 6.07) is 7.28. The molecule has 0 aliphatic carbocycles. The van der Waals surface area contributed by atoms with Gasteiger partial charge in [-0.25, -0.2) is 4.79 Å². The number of nitrogens with zero attached hydrogens (tertiary/aromatic N) is 2. The zero-order valence-electron chi connectivity index (χ0n) is 10.5. The van der Waals surface area contributed by atoms with Gasteiger partial charge in [-0.2, -0.15) is 0 Å². The molecule has 1 fully saturated rings. The highest BCUT2D eigenvalue weighted by Crippen LogP contribution is 2.27. The SMILES string of the molecule is CN1CC(CCC(=O)O)N(c2ccc(Br)cc2)C1=O. The lowest BCUT2D eigenvalue weighted by Crippen LogP contribution is -2.34. The molecule has 19 heavy (non-hydrogen) atoms. The fourth-order valence-corrected chi connectivity index (χ4v) is 2.51. The van der Waals surface area contributed by atoms with Crippen molar-refractivity contribution < 1.29 is 14.7 Å². The highest BCUT2D eigenvalue weighted by molar-refractivity contribution is 9.10. The second-order valence-electron chi connectivity index (χ2n) is 4.60. The molecule has 0 aromatic heterocycles. The summed E-state index contributed by atoms with van der Waals surface area (Å²) in [4.78, 5) is 26.1. The fourth-order valence-electron chi connectivity index (χ4n) is 2.25. The van der Waals surface area contributed by atoms with Gasteiger partial charge < -0.3 is 10.0 Å². The Morgan fingerprint density at radius 2 is 2.05 bits per heavy atom. The number of rotatable bonds is 4. The number of carbonyl (C=O) groups is 2. The second-order valence-corrected chi connectivity index (χ2v) is 5.51. The van der Waals surface area contributed by atoms with Gasteiger partial charge in [-0.15, -0.1) is 0 Å². The Labute approximate surface area is 119 Å². The number of anilines is 1. The minimum atomic E-state index is -0.835. The molecule has 1 atom stereocenters. The van der Waals surface area contributed by atoms with Crippen molar-refractivity contribution in [2.45, 2.75) is 18.9 Å². The van der Waals surface area contributed by atoms with Gasteiger partial charge in [0.05, 0.1) is 6.04 Å². The average molecular weight is 327 g/mol. The van der Waals surface area contributed by atoms with Crippen LogP contribution in [-0.2, 0) is 4.79 Å². The number of halogens is 1. The number of carboxylic acids is 1. The van der Waals surface area contributed by atoms with Gasteiger partial charge in [0.25, 0.3) is 0 Å². The minimum absolute atomic E-state index is 0.0683. The molecule has 5 nitrogen and oxygen atoms in total. The standard InChI is InChI=1S/C13H15BrN2O3/c1-15-8-11(6-7-12(17)18)16(13(15)19)10-4-2-9(14)3-5-10/h2-5,11H,6-8H2,1H3,(H,17,18). The normalized spacial score (nSPS) is 19.1. The Hall–Kier alpha value is -1.56. The topological polar surface area (TPSA) is 60.9 Å². The number of amides is 2.